The highest BCUT2D eigenvalue weighted by atomic mass is 35.5. The van der Waals surface area contributed by atoms with Crippen molar-refractivity contribution in [3.8, 4) is 5.69 Å². The molecule has 0 atom stereocenters. The minimum atomic E-state index is -0.309. The molecule has 1 fully saturated rings. The number of amides is 2. The summed E-state index contributed by atoms with van der Waals surface area (Å²) in [5.74, 6) is 1.03. The van der Waals surface area contributed by atoms with Gasteiger partial charge >= 0.3 is 0 Å². The molecule has 1 aliphatic rings. The molecule has 1 heterocycles. The van der Waals surface area contributed by atoms with E-state index in [1.807, 2.05) is 35.0 Å². The fraction of sp³-hybridized carbons (Fsp3) is 0.273. The number of likely N-dealkylation sites (N-methyl/N-ethyl adjacent to an activating group) is 1. The average molecular weight is 456 g/mol. The molecule has 0 saturated heterocycles. The highest BCUT2D eigenvalue weighted by Gasteiger charge is 2.30. The Kier molecular flexibility index (Phi) is 6.58. The Labute approximate surface area is 189 Å². The summed E-state index contributed by atoms with van der Waals surface area (Å²) in [5, 5.41) is 8.34. The molecule has 2 amide bonds. The number of benzene rings is 2. The standard InChI is InChI=1S/C22H22ClN5O2S/c1-27(13-19(29)24-18-10-6-5-9-17(18)23)20(30)14-31-22-25-21(15-11-12-15)28(26-22)16-7-3-2-4-8-16/h2-10,15H,11-14H2,1H3,(H,24,29). The van der Waals surface area contributed by atoms with E-state index in [2.05, 4.69) is 15.4 Å². The summed E-state index contributed by atoms with van der Waals surface area (Å²) >= 11 is 7.33. The Morgan fingerprint density at radius 3 is 2.58 bits per heavy atom. The van der Waals surface area contributed by atoms with Gasteiger partial charge in [-0.2, -0.15) is 0 Å². The second-order valence-corrected chi connectivity index (χ2v) is 8.69. The van der Waals surface area contributed by atoms with Crippen molar-refractivity contribution in [2.24, 2.45) is 0 Å². The minimum Gasteiger partial charge on any atom is -0.336 e. The van der Waals surface area contributed by atoms with Crippen molar-refractivity contribution in [3.05, 3.63) is 65.4 Å². The van der Waals surface area contributed by atoms with Gasteiger partial charge in [0.05, 0.1) is 28.7 Å². The van der Waals surface area contributed by atoms with Crippen LogP contribution in [0.15, 0.2) is 59.8 Å². The lowest BCUT2D eigenvalue weighted by molar-refractivity contribution is -0.131. The summed E-state index contributed by atoms with van der Waals surface area (Å²) < 4.78 is 1.87. The van der Waals surface area contributed by atoms with Crippen molar-refractivity contribution >= 4 is 40.9 Å². The molecule has 1 N–H and O–H groups in total. The lowest BCUT2D eigenvalue weighted by Crippen LogP contribution is -2.36. The first-order valence-electron chi connectivity index (χ1n) is 9.95. The van der Waals surface area contributed by atoms with Crippen LogP contribution in [-0.2, 0) is 9.59 Å². The van der Waals surface area contributed by atoms with E-state index in [0.29, 0.717) is 21.8 Å². The fourth-order valence-electron chi connectivity index (χ4n) is 3.02. The lowest BCUT2D eigenvalue weighted by Gasteiger charge is -2.16. The molecular formula is C22H22ClN5O2S. The van der Waals surface area contributed by atoms with Crippen LogP contribution in [0.4, 0.5) is 5.69 Å². The zero-order valence-electron chi connectivity index (χ0n) is 17.0. The Balaban J connectivity index is 1.34. The first kappa shape index (κ1) is 21.4. The average Bonchev–Trinajstić information content (AvgIpc) is 3.53. The van der Waals surface area contributed by atoms with E-state index in [1.165, 1.54) is 16.7 Å². The van der Waals surface area contributed by atoms with Gasteiger partial charge in [-0.15, -0.1) is 5.10 Å². The van der Waals surface area contributed by atoms with E-state index >= 15 is 0 Å². The number of hydrogen-bond donors (Lipinski definition) is 1. The van der Waals surface area contributed by atoms with Crippen LogP contribution >= 0.6 is 23.4 Å². The van der Waals surface area contributed by atoms with Crippen LogP contribution in [0.2, 0.25) is 5.02 Å². The van der Waals surface area contributed by atoms with Crippen molar-refractivity contribution in [1.29, 1.82) is 0 Å². The summed E-state index contributed by atoms with van der Waals surface area (Å²) in [4.78, 5) is 30.8. The van der Waals surface area contributed by atoms with E-state index in [-0.39, 0.29) is 24.1 Å². The minimum absolute atomic E-state index is 0.0656. The summed E-state index contributed by atoms with van der Waals surface area (Å²) in [5.41, 5.74) is 1.48. The molecule has 31 heavy (non-hydrogen) atoms. The first-order valence-corrected chi connectivity index (χ1v) is 11.3. The molecule has 2 aromatic carbocycles. The number of hydrogen-bond acceptors (Lipinski definition) is 5. The molecule has 4 rings (SSSR count). The highest BCUT2D eigenvalue weighted by molar-refractivity contribution is 7.99. The van der Waals surface area contributed by atoms with E-state index < -0.39 is 0 Å². The molecule has 0 spiro atoms. The molecule has 1 saturated carbocycles. The fourth-order valence-corrected chi connectivity index (χ4v) is 3.98. The predicted molar refractivity (Wildman–Crippen MR) is 122 cm³/mol. The third kappa shape index (κ3) is 5.45. The number of carbonyl (C=O) groups excluding carboxylic acids is 2. The molecule has 0 radical (unpaired) electrons. The van der Waals surface area contributed by atoms with Gasteiger partial charge in [0.15, 0.2) is 0 Å². The second-order valence-electron chi connectivity index (χ2n) is 7.34. The summed E-state index contributed by atoms with van der Waals surface area (Å²) in [6, 6.07) is 16.8. The molecule has 9 heteroatoms. The van der Waals surface area contributed by atoms with Gasteiger partial charge in [-0.3, -0.25) is 9.59 Å². The van der Waals surface area contributed by atoms with E-state index in [1.54, 1.807) is 31.3 Å². The van der Waals surface area contributed by atoms with Gasteiger partial charge in [0.2, 0.25) is 17.0 Å². The number of nitrogens with zero attached hydrogens (tertiary/aromatic N) is 4. The number of rotatable bonds is 8. The van der Waals surface area contributed by atoms with Gasteiger partial charge in [-0.05, 0) is 37.1 Å². The molecule has 1 aliphatic carbocycles. The molecular weight excluding hydrogens is 434 g/mol. The molecule has 7 nitrogen and oxygen atoms in total. The van der Waals surface area contributed by atoms with Crippen molar-refractivity contribution in [2.45, 2.75) is 23.9 Å². The number of para-hydroxylation sites is 2. The van der Waals surface area contributed by atoms with Gasteiger partial charge in [0.1, 0.15) is 5.82 Å². The third-order valence-electron chi connectivity index (χ3n) is 4.84. The van der Waals surface area contributed by atoms with Crippen molar-refractivity contribution in [3.63, 3.8) is 0 Å². The molecule has 0 unspecified atom stereocenters. The van der Waals surface area contributed by atoms with Crippen LogP contribution in [0.5, 0.6) is 0 Å². The topological polar surface area (TPSA) is 80.1 Å². The summed E-state index contributed by atoms with van der Waals surface area (Å²) in [6.45, 7) is -0.0656. The maximum atomic E-state index is 12.5. The van der Waals surface area contributed by atoms with E-state index in [9.17, 15) is 9.59 Å². The lowest BCUT2D eigenvalue weighted by atomic mass is 10.3. The number of thioether (sulfide) groups is 1. The number of carbonyl (C=O) groups is 2. The normalized spacial score (nSPS) is 13.1. The van der Waals surface area contributed by atoms with Gasteiger partial charge < -0.3 is 10.2 Å². The first-order chi connectivity index (χ1) is 15.0. The van der Waals surface area contributed by atoms with E-state index in [4.69, 9.17) is 11.6 Å². The van der Waals surface area contributed by atoms with Crippen LogP contribution in [0.3, 0.4) is 0 Å². The molecule has 1 aromatic heterocycles. The quantitative estimate of drug-likeness (QED) is 0.519. The van der Waals surface area contributed by atoms with E-state index in [0.717, 1.165) is 24.4 Å². The smallest absolute Gasteiger partial charge is 0.244 e. The van der Waals surface area contributed by atoms with Crippen LogP contribution in [0, 0.1) is 0 Å². The third-order valence-corrected chi connectivity index (χ3v) is 5.99. The molecule has 0 bridgehead atoms. The van der Waals surface area contributed by atoms with Gasteiger partial charge in [0, 0.05) is 13.0 Å². The zero-order valence-corrected chi connectivity index (χ0v) is 18.6. The number of aromatic nitrogens is 3. The van der Waals surface area contributed by atoms with Crippen LogP contribution in [0.1, 0.15) is 24.6 Å². The molecule has 3 aromatic rings. The largest absolute Gasteiger partial charge is 0.336 e. The van der Waals surface area contributed by atoms with Crippen LogP contribution in [-0.4, -0.2) is 50.8 Å². The SMILES string of the molecule is CN(CC(=O)Nc1ccccc1Cl)C(=O)CSc1nc(C2CC2)n(-c2ccccc2)n1. The molecule has 0 aliphatic heterocycles. The van der Waals surface area contributed by atoms with Crippen LogP contribution < -0.4 is 5.32 Å². The summed E-state index contributed by atoms with van der Waals surface area (Å²) in [6.07, 6.45) is 2.22. The Hall–Kier alpha value is -2.84. The van der Waals surface area contributed by atoms with Crippen molar-refractivity contribution in [2.75, 3.05) is 24.7 Å². The maximum Gasteiger partial charge on any atom is 0.244 e. The van der Waals surface area contributed by atoms with Gasteiger partial charge in [-0.1, -0.05) is 53.7 Å². The number of nitrogens with one attached hydrogen (secondary N) is 1. The predicted octanol–water partition coefficient (Wildman–Crippen LogP) is 3.99. The number of halogens is 1. The Morgan fingerprint density at radius 1 is 1.16 bits per heavy atom. The maximum absolute atomic E-state index is 12.5. The Bertz CT molecular complexity index is 1080. The summed E-state index contributed by atoms with van der Waals surface area (Å²) in [7, 11) is 1.60. The van der Waals surface area contributed by atoms with Crippen molar-refractivity contribution < 1.29 is 9.59 Å². The monoisotopic (exact) mass is 455 g/mol. The van der Waals surface area contributed by atoms with Crippen LogP contribution in [0.25, 0.3) is 5.69 Å². The van der Waals surface area contributed by atoms with Gasteiger partial charge in [0.25, 0.3) is 0 Å². The second kappa shape index (κ2) is 9.53. The van der Waals surface area contributed by atoms with Gasteiger partial charge in [-0.25, -0.2) is 9.67 Å². The number of anilines is 1. The highest BCUT2D eigenvalue weighted by Crippen LogP contribution is 2.40. The van der Waals surface area contributed by atoms with Crippen molar-refractivity contribution in [1.82, 2.24) is 19.7 Å². The molecule has 160 valence electrons. The Morgan fingerprint density at radius 2 is 1.87 bits per heavy atom. The zero-order chi connectivity index (χ0) is 21.8.